The smallest absolute Gasteiger partial charge is 0.305 e. The maximum atomic E-state index is 12.1. The molecule has 7 heteroatoms. The van der Waals surface area contributed by atoms with Crippen LogP contribution in [-0.4, -0.2) is 30.6 Å². The van der Waals surface area contributed by atoms with Gasteiger partial charge in [0.15, 0.2) is 0 Å². The van der Waals surface area contributed by atoms with Crippen LogP contribution in [0.15, 0.2) is 0 Å². The van der Waals surface area contributed by atoms with E-state index in [1.165, 1.54) is 0 Å². The topological polar surface area (TPSA) is 95.5 Å². The molecule has 112 valence electrons. The molecule has 0 unspecified atom stereocenters. The normalized spacial score (nSPS) is 20.2. The highest BCUT2D eigenvalue weighted by atomic mass is 32.2. The number of aliphatic carboxylic acids is 1. The van der Waals surface area contributed by atoms with Gasteiger partial charge in [0, 0.05) is 11.1 Å². The molecule has 0 radical (unpaired) electrons. The maximum Gasteiger partial charge on any atom is 0.305 e. The minimum Gasteiger partial charge on any atom is -0.481 e. The highest BCUT2D eigenvalue weighted by Gasteiger charge is 2.38. The molecular formula is C12H24N2O4S. The van der Waals surface area contributed by atoms with Gasteiger partial charge in [-0.2, -0.15) is 17.9 Å². The summed E-state index contributed by atoms with van der Waals surface area (Å²) >= 11 is 0. The summed E-state index contributed by atoms with van der Waals surface area (Å²) in [5, 5.41) is 9.01. The summed E-state index contributed by atoms with van der Waals surface area (Å²) in [6, 6.07) is 0. The van der Waals surface area contributed by atoms with Crippen LogP contribution in [-0.2, 0) is 15.0 Å². The molecule has 0 amide bonds. The minimum atomic E-state index is -3.71. The van der Waals surface area contributed by atoms with Crippen LogP contribution in [0.5, 0.6) is 0 Å². The first kappa shape index (κ1) is 16.4. The van der Waals surface area contributed by atoms with Crippen molar-refractivity contribution in [3.8, 4) is 0 Å². The van der Waals surface area contributed by atoms with E-state index in [0.717, 1.165) is 19.3 Å². The second-order valence-electron chi connectivity index (χ2n) is 6.37. The van der Waals surface area contributed by atoms with Crippen LogP contribution in [0.2, 0.25) is 0 Å². The third kappa shape index (κ3) is 5.88. The van der Waals surface area contributed by atoms with Crippen molar-refractivity contribution >= 4 is 16.2 Å². The predicted molar refractivity (Wildman–Crippen MR) is 73.0 cm³/mol. The van der Waals surface area contributed by atoms with Crippen molar-refractivity contribution in [2.75, 3.05) is 0 Å². The van der Waals surface area contributed by atoms with E-state index in [9.17, 15) is 13.2 Å². The molecule has 0 atom stereocenters. The highest BCUT2D eigenvalue weighted by molar-refractivity contribution is 7.87. The Bertz CT molecular complexity index is 420. The fraction of sp³-hybridized carbons (Fsp3) is 0.917. The van der Waals surface area contributed by atoms with Gasteiger partial charge < -0.3 is 5.11 Å². The zero-order chi connectivity index (χ0) is 14.7. The lowest BCUT2D eigenvalue weighted by Gasteiger charge is -2.37. The van der Waals surface area contributed by atoms with Crippen LogP contribution < -0.4 is 9.44 Å². The third-order valence-corrected chi connectivity index (χ3v) is 4.67. The lowest BCUT2D eigenvalue weighted by atomic mass is 9.80. The number of rotatable bonds is 5. The molecule has 0 saturated heterocycles. The standard InChI is InChI=1S/C12H24N2O4S/c1-11(2,3)13-19(17,18)14-12(9-10(15)16)7-5-4-6-8-12/h13-14H,4-9H2,1-3H3,(H,15,16). The first-order valence-electron chi connectivity index (χ1n) is 6.58. The Hall–Kier alpha value is -0.660. The molecule has 0 spiro atoms. The van der Waals surface area contributed by atoms with Gasteiger partial charge in [0.25, 0.3) is 10.2 Å². The highest BCUT2D eigenvalue weighted by Crippen LogP contribution is 2.31. The van der Waals surface area contributed by atoms with Gasteiger partial charge >= 0.3 is 5.97 Å². The van der Waals surface area contributed by atoms with Crippen LogP contribution >= 0.6 is 0 Å². The Morgan fingerprint density at radius 1 is 1.21 bits per heavy atom. The summed E-state index contributed by atoms with van der Waals surface area (Å²) in [4.78, 5) is 11.0. The van der Waals surface area contributed by atoms with Crippen molar-refractivity contribution in [1.82, 2.24) is 9.44 Å². The fourth-order valence-corrected chi connectivity index (χ4v) is 4.25. The van der Waals surface area contributed by atoms with Crippen LogP contribution in [0.25, 0.3) is 0 Å². The lowest BCUT2D eigenvalue weighted by Crippen LogP contribution is -2.57. The minimum absolute atomic E-state index is 0.169. The number of hydrogen-bond acceptors (Lipinski definition) is 3. The molecule has 1 aliphatic rings. The van der Waals surface area contributed by atoms with Gasteiger partial charge in [-0.1, -0.05) is 19.3 Å². The Balaban J connectivity index is 2.85. The van der Waals surface area contributed by atoms with E-state index in [1.807, 2.05) is 0 Å². The second kappa shape index (κ2) is 5.76. The molecule has 1 rings (SSSR count). The fourth-order valence-electron chi connectivity index (χ4n) is 2.55. The molecule has 0 aromatic rings. The Morgan fingerprint density at radius 3 is 2.16 bits per heavy atom. The zero-order valence-electron chi connectivity index (χ0n) is 11.8. The third-order valence-electron chi connectivity index (χ3n) is 3.09. The molecule has 0 aromatic heterocycles. The number of carboxylic acid groups (broad SMARTS) is 1. The van der Waals surface area contributed by atoms with E-state index in [-0.39, 0.29) is 6.42 Å². The van der Waals surface area contributed by atoms with Gasteiger partial charge in [-0.05, 0) is 33.6 Å². The molecule has 19 heavy (non-hydrogen) atoms. The first-order valence-corrected chi connectivity index (χ1v) is 8.07. The number of carboxylic acids is 1. The number of carbonyl (C=O) groups is 1. The largest absolute Gasteiger partial charge is 0.481 e. The van der Waals surface area contributed by atoms with E-state index in [0.29, 0.717) is 12.8 Å². The first-order chi connectivity index (χ1) is 8.54. The molecular weight excluding hydrogens is 268 g/mol. The maximum absolute atomic E-state index is 12.1. The zero-order valence-corrected chi connectivity index (χ0v) is 12.6. The van der Waals surface area contributed by atoms with Crippen molar-refractivity contribution in [3.63, 3.8) is 0 Å². The summed E-state index contributed by atoms with van der Waals surface area (Å²) in [5.41, 5.74) is -1.44. The molecule has 0 aliphatic heterocycles. The van der Waals surface area contributed by atoms with Gasteiger partial charge in [-0.25, -0.2) is 0 Å². The average Bonchev–Trinajstić information content (AvgIpc) is 2.11. The van der Waals surface area contributed by atoms with Crippen molar-refractivity contribution in [2.24, 2.45) is 0 Å². The number of nitrogens with one attached hydrogen (secondary N) is 2. The Morgan fingerprint density at radius 2 is 1.74 bits per heavy atom. The molecule has 1 fully saturated rings. The summed E-state index contributed by atoms with van der Waals surface area (Å²) < 4.78 is 29.3. The van der Waals surface area contributed by atoms with Crippen molar-refractivity contribution in [1.29, 1.82) is 0 Å². The van der Waals surface area contributed by atoms with Gasteiger partial charge in [-0.3, -0.25) is 4.79 Å². The predicted octanol–water partition coefficient (Wildman–Crippen LogP) is 1.39. The van der Waals surface area contributed by atoms with E-state index in [4.69, 9.17) is 5.11 Å². The molecule has 3 N–H and O–H groups in total. The van der Waals surface area contributed by atoms with Gasteiger partial charge in [0.1, 0.15) is 0 Å². The van der Waals surface area contributed by atoms with Crippen LogP contribution in [0.1, 0.15) is 59.3 Å². The summed E-state index contributed by atoms with van der Waals surface area (Å²) in [6.45, 7) is 5.24. The van der Waals surface area contributed by atoms with Crippen molar-refractivity contribution in [2.45, 2.75) is 70.4 Å². The van der Waals surface area contributed by atoms with Gasteiger partial charge in [0.2, 0.25) is 0 Å². The van der Waals surface area contributed by atoms with Crippen LogP contribution in [0.4, 0.5) is 0 Å². The SMILES string of the molecule is CC(C)(C)NS(=O)(=O)NC1(CC(=O)O)CCCCC1. The quantitative estimate of drug-likeness (QED) is 0.713. The molecule has 1 aliphatic carbocycles. The number of hydrogen-bond donors (Lipinski definition) is 3. The van der Waals surface area contributed by atoms with E-state index in [2.05, 4.69) is 9.44 Å². The van der Waals surface area contributed by atoms with Gasteiger partial charge in [0.05, 0.1) is 6.42 Å². The molecule has 1 saturated carbocycles. The monoisotopic (exact) mass is 292 g/mol. The molecule has 0 aromatic carbocycles. The molecule has 6 nitrogen and oxygen atoms in total. The van der Waals surface area contributed by atoms with Crippen LogP contribution in [0.3, 0.4) is 0 Å². The van der Waals surface area contributed by atoms with E-state index < -0.39 is 27.3 Å². The molecule has 0 heterocycles. The average molecular weight is 292 g/mol. The Labute approximate surface area is 115 Å². The summed E-state index contributed by atoms with van der Waals surface area (Å²) in [6.07, 6.45) is 3.71. The van der Waals surface area contributed by atoms with Crippen molar-refractivity contribution in [3.05, 3.63) is 0 Å². The lowest BCUT2D eigenvalue weighted by molar-refractivity contribution is -0.138. The summed E-state index contributed by atoms with van der Waals surface area (Å²) in [7, 11) is -3.71. The second-order valence-corrected chi connectivity index (χ2v) is 7.78. The van der Waals surface area contributed by atoms with E-state index >= 15 is 0 Å². The van der Waals surface area contributed by atoms with Crippen molar-refractivity contribution < 1.29 is 18.3 Å². The van der Waals surface area contributed by atoms with Crippen LogP contribution in [0, 0.1) is 0 Å². The summed E-state index contributed by atoms with van der Waals surface area (Å²) in [5.74, 6) is -0.972. The Kier molecular flexibility index (Phi) is 4.97. The molecule has 0 bridgehead atoms. The van der Waals surface area contributed by atoms with E-state index in [1.54, 1.807) is 20.8 Å². The van der Waals surface area contributed by atoms with Gasteiger partial charge in [-0.15, -0.1) is 0 Å².